The minimum atomic E-state index is 0.398. The van der Waals surface area contributed by atoms with Crippen LogP contribution in [0.25, 0.3) is 0 Å². The van der Waals surface area contributed by atoms with E-state index in [1.165, 1.54) is 0 Å². The third kappa shape index (κ3) is 3.01. The summed E-state index contributed by atoms with van der Waals surface area (Å²) in [4.78, 5) is 0. The second kappa shape index (κ2) is 6.48. The average molecular weight is 269 g/mol. The van der Waals surface area contributed by atoms with Gasteiger partial charge in [0.1, 0.15) is 6.61 Å². The first-order valence-corrected chi connectivity index (χ1v) is 6.11. The van der Waals surface area contributed by atoms with Crippen LogP contribution in [0, 0.1) is 11.3 Å². The van der Waals surface area contributed by atoms with Gasteiger partial charge < -0.3 is 14.2 Å². The Labute approximate surface area is 118 Å². The summed E-state index contributed by atoms with van der Waals surface area (Å²) in [7, 11) is 3.16. The van der Waals surface area contributed by atoms with Gasteiger partial charge >= 0.3 is 0 Å². The highest BCUT2D eigenvalue weighted by Crippen LogP contribution is 2.36. The zero-order valence-corrected chi connectivity index (χ0v) is 11.4. The van der Waals surface area contributed by atoms with Crippen LogP contribution >= 0.6 is 0 Å². The molecule has 0 radical (unpaired) electrons. The number of rotatable bonds is 5. The maximum absolute atomic E-state index is 8.75. The number of ether oxygens (including phenoxy) is 3. The fourth-order valence-corrected chi connectivity index (χ4v) is 1.81. The van der Waals surface area contributed by atoms with Gasteiger partial charge in [0.2, 0.25) is 5.75 Å². The Morgan fingerprint density at radius 3 is 2.25 bits per heavy atom. The van der Waals surface area contributed by atoms with E-state index in [4.69, 9.17) is 19.5 Å². The average Bonchev–Trinajstić information content (AvgIpc) is 2.52. The van der Waals surface area contributed by atoms with Crippen LogP contribution in [0.15, 0.2) is 42.5 Å². The molecule has 0 spiro atoms. The summed E-state index contributed by atoms with van der Waals surface area (Å²) in [6.07, 6.45) is 0. The van der Waals surface area contributed by atoms with Gasteiger partial charge in [0.15, 0.2) is 11.5 Å². The molecule has 20 heavy (non-hydrogen) atoms. The Morgan fingerprint density at radius 2 is 1.65 bits per heavy atom. The Bertz CT molecular complexity index is 615. The van der Waals surface area contributed by atoms with E-state index in [-0.39, 0.29) is 0 Å². The van der Waals surface area contributed by atoms with Crippen molar-refractivity contribution in [3.63, 3.8) is 0 Å². The number of methoxy groups -OCH3 is 2. The van der Waals surface area contributed by atoms with Crippen molar-refractivity contribution in [1.29, 1.82) is 5.26 Å². The van der Waals surface area contributed by atoms with Crippen molar-refractivity contribution in [2.45, 2.75) is 6.61 Å². The quantitative estimate of drug-likeness (QED) is 0.836. The molecule has 0 aromatic heterocycles. The molecule has 0 N–H and O–H groups in total. The predicted molar refractivity (Wildman–Crippen MR) is 75.0 cm³/mol. The number of nitriles is 1. The van der Waals surface area contributed by atoms with Crippen molar-refractivity contribution < 1.29 is 14.2 Å². The first-order valence-electron chi connectivity index (χ1n) is 6.11. The molecule has 0 aliphatic heterocycles. The molecule has 0 saturated heterocycles. The lowest BCUT2D eigenvalue weighted by Crippen LogP contribution is -1.99. The van der Waals surface area contributed by atoms with E-state index in [9.17, 15) is 0 Å². The highest BCUT2D eigenvalue weighted by molar-refractivity contribution is 5.51. The van der Waals surface area contributed by atoms with Crippen molar-refractivity contribution in [2.75, 3.05) is 14.2 Å². The second-order valence-corrected chi connectivity index (χ2v) is 4.09. The van der Waals surface area contributed by atoms with Crippen LogP contribution in [0.2, 0.25) is 0 Å². The molecule has 102 valence electrons. The summed E-state index contributed by atoms with van der Waals surface area (Å²) in [5.41, 5.74) is 1.61. The molecule has 2 aromatic carbocycles. The van der Waals surface area contributed by atoms with E-state index in [1.54, 1.807) is 26.4 Å². The van der Waals surface area contributed by atoms with Crippen molar-refractivity contribution >= 4 is 0 Å². The van der Waals surface area contributed by atoms with Crippen LogP contribution in [0.5, 0.6) is 17.2 Å². The minimum Gasteiger partial charge on any atom is -0.493 e. The van der Waals surface area contributed by atoms with E-state index in [0.29, 0.717) is 29.4 Å². The largest absolute Gasteiger partial charge is 0.493 e. The highest BCUT2D eigenvalue weighted by atomic mass is 16.5. The molecular weight excluding hydrogens is 254 g/mol. The maximum Gasteiger partial charge on any atom is 0.203 e. The van der Waals surface area contributed by atoms with Crippen LogP contribution in [0.4, 0.5) is 0 Å². The number of para-hydroxylation sites is 1. The normalized spacial score (nSPS) is 9.65. The van der Waals surface area contributed by atoms with Crippen molar-refractivity contribution in [3.8, 4) is 23.3 Å². The molecule has 0 saturated carbocycles. The highest BCUT2D eigenvalue weighted by Gasteiger charge is 2.10. The smallest absolute Gasteiger partial charge is 0.203 e. The summed E-state index contributed by atoms with van der Waals surface area (Å²) in [5.74, 6) is 1.82. The molecular formula is C16H15NO3. The van der Waals surface area contributed by atoms with Gasteiger partial charge in [-0.3, -0.25) is 0 Å². The molecule has 2 aromatic rings. The minimum absolute atomic E-state index is 0.398. The first kappa shape index (κ1) is 13.8. The SMILES string of the molecule is COc1cccc(OCc2ccc(C#N)cc2)c1OC. The van der Waals surface area contributed by atoms with Crippen LogP contribution in [0.1, 0.15) is 11.1 Å². The summed E-state index contributed by atoms with van der Waals surface area (Å²) in [6.45, 7) is 0.398. The van der Waals surface area contributed by atoms with Gasteiger partial charge in [-0.2, -0.15) is 5.26 Å². The van der Waals surface area contributed by atoms with E-state index in [0.717, 1.165) is 5.56 Å². The van der Waals surface area contributed by atoms with Gasteiger partial charge in [-0.1, -0.05) is 18.2 Å². The molecule has 2 rings (SSSR count). The predicted octanol–water partition coefficient (Wildman–Crippen LogP) is 3.15. The first-order chi connectivity index (χ1) is 9.78. The number of hydrogen-bond acceptors (Lipinski definition) is 4. The van der Waals surface area contributed by atoms with E-state index >= 15 is 0 Å². The second-order valence-electron chi connectivity index (χ2n) is 4.09. The number of benzene rings is 2. The van der Waals surface area contributed by atoms with Gasteiger partial charge in [-0.25, -0.2) is 0 Å². The van der Waals surface area contributed by atoms with Crippen LogP contribution in [-0.2, 0) is 6.61 Å². The number of nitrogens with zero attached hydrogens (tertiary/aromatic N) is 1. The Morgan fingerprint density at radius 1 is 0.950 bits per heavy atom. The summed E-state index contributed by atoms with van der Waals surface area (Å²) in [5, 5.41) is 8.75. The van der Waals surface area contributed by atoms with Crippen molar-refractivity contribution in [3.05, 3.63) is 53.6 Å². The lowest BCUT2D eigenvalue weighted by molar-refractivity contribution is 0.275. The Balaban J connectivity index is 2.12. The van der Waals surface area contributed by atoms with Crippen molar-refractivity contribution in [2.24, 2.45) is 0 Å². The molecule has 0 aliphatic rings. The Hall–Kier alpha value is -2.67. The van der Waals surface area contributed by atoms with Gasteiger partial charge in [-0.15, -0.1) is 0 Å². The van der Waals surface area contributed by atoms with Crippen LogP contribution in [0.3, 0.4) is 0 Å². The molecule has 0 amide bonds. The molecule has 0 unspecified atom stereocenters. The monoisotopic (exact) mass is 269 g/mol. The zero-order chi connectivity index (χ0) is 14.4. The standard InChI is InChI=1S/C16H15NO3/c1-18-14-4-3-5-15(16(14)19-2)20-11-13-8-6-12(10-17)7-9-13/h3-9H,11H2,1-2H3. The summed E-state index contributed by atoms with van der Waals surface area (Å²) in [6, 6.07) is 14.8. The fourth-order valence-electron chi connectivity index (χ4n) is 1.81. The molecule has 0 aliphatic carbocycles. The molecule has 4 heteroatoms. The van der Waals surface area contributed by atoms with Crippen LogP contribution in [-0.4, -0.2) is 14.2 Å². The van der Waals surface area contributed by atoms with E-state index in [2.05, 4.69) is 6.07 Å². The maximum atomic E-state index is 8.75. The molecule has 0 bridgehead atoms. The zero-order valence-electron chi connectivity index (χ0n) is 11.4. The number of hydrogen-bond donors (Lipinski definition) is 0. The topological polar surface area (TPSA) is 51.5 Å². The van der Waals surface area contributed by atoms with Gasteiger partial charge in [-0.05, 0) is 29.8 Å². The third-order valence-electron chi connectivity index (χ3n) is 2.84. The lowest BCUT2D eigenvalue weighted by atomic mass is 10.1. The van der Waals surface area contributed by atoms with Gasteiger partial charge in [0.05, 0.1) is 25.9 Å². The van der Waals surface area contributed by atoms with E-state index in [1.807, 2.05) is 30.3 Å². The summed E-state index contributed by atoms with van der Waals surface area (Å²) < 4.78 is 16.3. The van der Waals surface area contributed by atoms with Crippen LogP contribution < -0.4 is 14.2 Å². The fraction of sp³-hybridized carbons (Fsp3) is 0.188. The Kier molecular flexibility index (Phi) is 4.46. The lowest BCUT2D eigenvalue weighted by Gasteiger charge is -2.13. The molecule has 0 atom stereocenters. The van der Waals surface area contributed by atoms with Gasteiger partial charge in [0, 0.05) is 0 Å². The molecule has 0 heterocycles. The third-order valence-corrected chi connectivity index (χ3v) is 2.84. The van der Waals surface area contributed by atoms with Gasteiger partial charge in [0.25, 0.3) is 0 Å². The summed E-state index contributed by atoms with van der Waals surface area (Å²) >= 11 is 0. The molecule has 4 nitrogen and oxygen atoms in total. The van der Waals surface area contributed by atoms with E-state index < -0.39 is 0 Å². The van der Waals surface area contributed by atoms with Crippen molar-refractivity contribution in [1.82, 2.24) is 0 Å². The molecule has 0 fully saturated rings.